The van der Waals surface area contributed by atoms with Gasteiger partial charge in [-0.05, 0) is 53.5 Å². The number of hydrogen-bond acceptors (Lipinski definition) is 2. The molecule has 26 heavy (non-hydrogen) atoms. The highest BCUT2D eigenvalue weighted by Crippen LogP contribution is 2.23. The Balaban J connectivity index is 2.17. The fourth-order valence-electron chi connectivity index (χ4n) is 3.03. The van der Waals surface area contributed by atoms with E-state index in [0.29, 0.717) is 23.2 Å². The first kappa shape index (κ1) is 20.7. The predicted molar refractivity (Wildman–Crippen MR) is 109 cm³/mol. The van der Waals surface area contributed by atoms with E-state index in [1.54, 1.807) is 12.1 Å². The molecule has 2 rings (SSSR count). The zero-order chi connectivity index (χ0) is 19.3. The second-order valence-electron chi connectivity index (χ2n) is 7.65. The van der Waals surface area contributed by atoms with Crippen LogP contribution in [0, 0.1) is 5.92 Å². The van der Waals surface area contributed by atoms with Crippen LogP contribution in [0.3, 0.4) is 0 Å². The molecule has 0 amide bonds. The van der Waals surface area contributed by atoms with E-state index in [1.807, 2.05) is 31.2 Å². The lowest BCUT2D eigenvalue weighted by atomic mass is 9.98. The molecule has 0 aliphatic heterocycles. The van der Waals surface area contributed by atoms with Gasteiger partial charge in [0.1, 0.15) is 0 Å². The highest BCUT2D eigenvalue weighted by Gasteiger charge is 2.20. The molecule has 0 spiro atoms. The van der Waals surface area contributed by atoms with Gasteiger partial charge in [0.15, 0.2) is 0 Å². The lowest BCUT2D eigenvalue weighted by molar-refractivity contribution is 0.550. The maximum atomic E-state index is 12.8. The summed E-state index contributed by atoms with van der Waals surface area (Å²) in [5.41, 5.74) is 3.42. The third kappa shape index (κ3) is 5.42. The first-order chi connectivity index (χ1) is 12.2. The van der Waals surface area contributed by atoms with Gasteiger partial charge in [-0.1, -0.05) is 71.0 Å². The summed E-state index contributed by atoms with van der Waals surface area (Å²) in [6.45, 7) is 10.6. The topological polar surface area (TPSA) is 46.2 Å². The van der Waals surface area contributed by atoms with Crippen molar-refractivity contribution in [3.05, 3.63) is 65.2 Å². The molecule has 2 aromatic carbocycles. The van der Waals surface area contributed by atoms with Crippen LogP contribution in [0.4, 0.5) is 0 Å². The molecular formula is C22H31NO2S. The van der Waals surface area contributed by atoms with Gasteiger partial charge in [-0.3, -0.25) is 0 Å². The van der Waals surface area contributed by atoms with E-state index in [9.17, 15) is 8.42 Å². The lowest BCUT2D eigenvalue weighted by Crippen LogP contribution is -2.28. The fraction of sp³-hybridized carbons (Fsp3) is 0.455. The first-order valence-electron chi connectivity index (χ1n) is 9.44. The molecule has 1 atom stereocenters. The Labute approximate surface area is 158 Å². The molecule has 0 aromatic heterocycles. The van der Waals surface area contributed by atoms with Crippen LogP contribution in [0.1, 0.15) is 69.7 Å². The molecule has 0 aliphatic rings. The van der Waals surface area contributed by atoms with Gasteiger partial charge in [0.2, 0.25) is 10.0 Å². The van der Waals surface area contributed by atoms with E-state index in [-0.39, 0.29) is 6.04 Å². The van der Waals surface area contributed by atoms with E-state index < -0.39 is 10.0 Å². The van der Waals surface area contributed by atoms with E-state index >= 15 is 0 Å². The maximum Gasteiger partial charge on any atom is 0.241 e. The third-order valence-corrected chi connectivity index (χ3v) is 6.08. The Bertz CT molecular complexity index is 791. The molecule has 1 unspecified atom stereocenters. The van der Waals surface area contributed by atoms with Gasteiger partial charge in [0.05, 0.1) is 4.90 Å². The summed E-state index contributed by atoms with van der Waals surface area (Å²) in [5.74, 6) is 1.01. The van der Waals surface area contributed by atoms with Crippen LogP contribution in [-0.2, 0) is 16.4 Å². The van der Waals surface area contributed by atoms with Crippen molar-refractivity contribution >= 4 is 10.0 Å². The molecule has 0 radical (unpaired) electrons. The standard InChI is InChI=1S/C22H31NO2S/c1-6-22(20-11-9-19(10-12-20)17(4)5)23-26(24,25)21-13-7-18(8-14-21)15-16(2)3/h7-14,16-17,22-23H,6,15H2,1-5H3. The zero-order valence-electron chi connectivity index (χ0n) is 16.5. The average Bonchev–Trinajstić information content (AvgIpc) is 2.60. The number of benzene rings is 2. The van der Waals surface area contributed by atoms with Gasteiger partial charge < -0.3 is 0 Å². The van der Waals surface area contributed by atoms with Crippen LogP contribution >= 0.6 is 0 Å². The summed E-state index contributed by atoms with van der Waals surface area (Å²) in [4.78, 5) is 0.322. The highest BCUT2D eigenvalue weighted by molar-refractivity contribution is 7.89. The van der Waals surface area contributed by atoms with Crippen LogP contribution in [-0.4, -0.2) is 8.42 Å². The summed E-state index contributed by atoms with van der Waals surface area (Å²) < 4.78 is 28.4. The largest absolute Gasteiger partial charge is 0.241 e. The average molecular weight is 374 g/mol. The molecule has 0 saturated heterocycles. The van der Waals surface area contributed by atoms with Crippen molar-refractivity contribution in [2.75, 3.05) is 0 Å². The molecule has 4 heteroatoms. The van der Waals surface area contributed by atoms with Gasteiger partial charge in [-0.2, -0.15) is 0 Å². The van der Waals surface area contributed by atoms with Crippen molar-refractivity contribution in [1.82, 2.24) is 4.72 Å². The van der Waals surface area contributed by atoms with Crippen LogP contribution in [0.15, 0.2) is 53.4 Å². The zero-order valence-corrected chi connectivity index (χ0v) is 17.3. The molecule has 142 valence electrons. The van der Waals surface area contributed by atoms with Crippen molar-refractivity contribution in [2.24, 2.45) is 5.92 Å². The molecule has 0 aliphatic carbocycles. The molecule has 0 bridgehead atoms. The smallest absolute Gasteiger partial charge is 0.207 e. The van der Waals surface area contributed by atoms with E-state index in [1.165, 1.54) is 5.56 Å². The molecule has 1 N–H and O–H groups in total. The van der Waals surface area contributed by atoms with Crippen molar-refractivity contribution in [3.63, 3.8) is 0 Å². The quantitative estimate of drug-likeness (QED) is 0.670. The number of rotatable bonds is 8. The summed E-state index contributed by atoms with van der Waals surface area (Å²) in [5, 5.41) is 0. The van der Waals surface area contributed by atoms with E-state index in [0.717, 1.165) is 17.5 Å². The minimum atomic E-state index is -3.54. The van der Waals surface area contributed by atoms with Gasteiger partial charge in [0.25, 0.3) is 0 Å². The summed E-state index contributed by atoms with van der Waals surface area (Å²) in [7, 11) is -3.54. The Morgan fingerprint density at radius 1 is 0.846 bits per heavy atom. The SMILES string of the molecule is CCC(NS(=O)(=O)c1ccc(CC(C)C)cc1)c1ccc(C(C)C)cc1. The van der Waals surface area contributed by atoms with Crippen LogP contribution in [0.25, 0.3) is 0 Å². The fourth-order valence-corrected chi connectivity index (χ4v) is 4.34. The number of hydrogen-bond donors (Lipinski definition) is 1. The summed E-state index contributed by atoms with van der Waals surface area (Å²) in [6, 6.07) is 15.2. The minimum absolute atomic E-state index is 0.225. The predicted octanol–water partition coefficient (Wildman–Crippen LogP) is 5.44. The second-order valence-corrected chi connectivity index (χ2v) is 9.36. The van der Waals surface area contributed by atoms with Gasteiger partial charge in [-0.25, -0.2) is 13.1 Å². The van der Waals surface area contributed by atoms with E-state index in [2.05, 4.69) is 44.5 Å². The maximum absolute atomic E-state index is 12.8. The van der Waals surface area contributed by atoms with Crippen molar-refractivity contribution in [1.29, 1.82) is 0 Å². The van der Waals surface area contributed by atoms with Crippen LogP contribution in [0.2, 0.25) is 0 Å². The van der Waals surface area contributed by atoms with E-state index in [4.69, 9.17) is 0 Å². The molecule has 0 fully saturated rings. The second kappa shape index (κ2) is 8.83. The number of sulfonamides is 1. The molecule has 0 saturated carbocycles. The molecule has 3 nitrogen and oxygen atoms in total. The minimum Gasteiger partial charge on any atom is -0.207 e. The first-order valence-corrected chi connectivity index (χ1v) is 10.9. The van der Waals surface area contributed by atoms with Gasteiger partial charge in [0, 0.05) is 6.04 Å². The summed E-state index contributed by atoms with van der Waals surface area (Å²) in [6.07, 6.45) is 1.65. The number of nitrogens with one attached hydrogen (secondary N) is 1. The van der Waals surface area contributed by atoms with Crippen molar-refractivity contribution < 1.29 is 8.42 Å². The highest BCUT2D eigenvalue weighted by atomic mass is 32.2. The Kier molecular flexibility index (Phi) is 7.01. The molecular weight excluding hydrogens is 342 g/mol. The molecule has 2 aromatic rings. The Morgan fingerprint density at radius 3 is 1.85 bits per heavy atom. The van der Waals surface area contributed by atoms with Crippen molar-refractivity contribution in [3.8, 4) is 0 Å². The van der Waals surface area contributed by atoms with Gasteiger partial charge >= 0.3 is 0 Å². The normalized spacial score (nSPS) is 13.3. The Morgan fingerprint density at radius 2 is 1.38 bits per heavy atom. The third-order valence-electron chi connectivity index (χ3n) is 4.59. The van der Waals surface area contributed by atoms with Crippen LogP contribution in [0.5, 0.6) is 0 Å². The Hall–Kier alpha value is -1.65. The van der Waals surface area contributed by atoms with Crippen LogP contribution < -0.4 is 4.72 Å². The molecule has 0 heterocycles. The van der Waals surface area contributed by atoms with Gasteiger partial charge in [-0.15, -0.1) is 0 Å². The summed E-state index contributed by atoms with van der Waals surface area (Å²) >= 11 is 0. The van der Waals surface area contributed by atoms with Crippen molar-refractivity contribution in [2.45, 2.75) is 64.3 Å². The monoisotopic (exact) mass is 373 g/mol. The lowest BCUT2D eigenvalue weighted by Gasteiger charge is -2.18.